The van der Waals surface area contributed by atoms with Gasteiger partial charge < -0.3 is 15.0 Å². The molecule has 0 bridgehead atoms. The molecule has 1 aliphatic carbocycles. The fourth-order valence-electron chi connectivity index (χ4n) is 5.76. The van der Waals surface area contributed by atoms with Crippen molar-refractivity contribution in [1.82, 2.24) is 20.0 Å². The summed E-state index contributed by atoms with van der Waals surface area (Å²) in [6, 6.07) is 4.10. The standard InChI is InChI=1S/C27H36Cl2N4O4/c1-4-32-21(16-31-13-14-33(17(3)15-31)25(34)18-9-6-7-10-18)22(26(35)37-5-2)24(30-27(32)36)19-11-8-12-20(28)23(19)29/h8,11-12,17-18,24H,4-7,9-10,13-16H2,1-3H3,(H,30,36). The van der Waals surface area contributed by atoms with E-state index in [1.165, 1.54) is 0 Å². The van der Waals surface area contributed by atoms with Crippen molar-refractivity contribution in [3.63, 3.8) is 0 Å². The number of halogens is 2. The first-order valence-corrected chi connectivity index (χ1v) is 14.0. The van der Waals surface area contributed by atoms with Gasteiger partial charge >= 0.3 is 12.0 Å². The van der Waals surface area contributed by atoms with Gasteiger partial charge in [0.2, 0.25) is 5.91 Å². The maximum Gasteiger partial charge on any atom is 0.338 e. The minimum absolute atomic E-state index is 0.0409. The molecule has 4 rings (SSSR count). The fourth-order valence-corrected chi connectivity index (χ4v) is 6.17. The van der Waals surface area contributed by atoms with Gasteiger partial charge in [-0.15, -0.1) is 0 Å². The maximum atomic E-state index is 13.3. The first kappa shape index (κ1) is 27.7. The zero-order valence-corrected chi connectivity index (χ0v) is 23.3. The summed E-state index contributed by atoms with van der Waals surface area (Å²) in [6.07, 6.45) is 4.22. The quantitative estimate of drug-likeness (QED) is 0.501. The monoisotopic (exact) mass is 550 g/mol. The molecule has 1 N–H and O–H groups in total. The Balaban J connectivity index is 1.65. The van der Waals surface area contributed by atoms with E-state index in [-0.39, 0.29) is 35.5 Å². The Morgan fingerprint density at radius 2 is 1.86 bits per heavy atom. The summed E-state index contributed by atoms with van der Waals surface area (Å²) in [7, 11) is 0. The van der Waals surface area contributed by atoms with E-state index in [0.717, 1.165) is 25.7 Å². The van der Waals surface area contributed by atoms with E-state index < -0.39 is 12.0 Å². The van der Waals surface area contributed by atoms with Crippen molar-refractivity contribution >= 4 is 41.1 Å². The second-order valence-corrected chi connectivity index (χ2v) is 10.7. The third-order valence-electron chi connectivity index (χ3n) is 7.61. The van der Waals surface area contributed by atoms with E-state index in [0.29, 0.717) is 54.6 Å². The van der Waals surface area contributed by atoms with Gasteiger partial charge in [0.1, 0.15) is 0 Å². The molecule has 2 atom stereocenters. The number of carbonyl (C=O) groups is 3. The molecule has 1 aromatic carbocycles. The van der Waals surface area contributed by atoms with Crippen LogP contribution < -0.4 is 5.32 Å². The van der Waals surface area contributed by atoms with Gasteiger partial charge in [-0.1, -0.05) is 48.2 Å². The fraction of sp³-hybridized carbons (Fsp3) is 0.593. The summed E-state index contributed by atoms with van der Waals surface area (Å²) < 4.78 is 5.46. The zero-order valence-electron chi connectivity index (χ0n) is 21.8. The number of nitrogens with zero attached hydrogens (tertiary/aromatic N) is 3. The first-order chi connectivity index (χ1) is 17.8. The molecule has 1 saturated heterocycles. The Morgan fingerprint density at radius 1 is 1.14 bits per heavy atom. The van der Waals surface area contributed by atoms with Gasteiger partial charge in [0.05, 0.1) is 28.3 Å². The van der Waals surface area contributed by atoms with E-state index in [1.807, 2.05) is 11.8 Å². The highest BCUT2D eigenvalue weighted by atomic mass is 35.5. The molecule has 2 unspecified atom stereocenters. The average molecular weight is 552 g/mol. The predicted octanol–water partition coefficient (Wildman–Crippen LogP) is 4.62. The summed E-state index contributed by atoms with van der Waals surface area (Å²) in [4.78, 5) is 45.4. The van der Waals surface area contributed by atoms with Gasteiger partial charge in [-0.2, -0.15) is 0 Å². The van der Waals surface area contributed by atoms with Gasteiger partial charge in [-0.3, -0.25) is 14.6 Å². The van der Waals surface area contributed by atoms with Crippen molar-refractivity contribution in [2.75, 3.05) is 39.3 Å². The summed E-state index contributed by atoms with van der Waals surface area (Å²) in [5, 5.41) is 3.56. The van der Waals surface area contributed by atoms with Crippen LogP contribution in [0, 0.1) is 5.92 Å². The van der Waals surface area contributed by atoms with E-state index in [2.05, 4.69) is 17.1 Å². The number of rotatable bonds is 7. The van der Waals surface area contributed by atoms with Gasteiger partial charge in [0.15, 0.2) is 0 Å². The molecule has 2 aliphatic heterocycles. The second-order valence-electron chi connectivity index (χ2n) is 9.95. The van der Waals surface area contributed by atoms with Gasteiger partial charge in [-0.25, -0.2) is 9.59 Å². The Labute approximate surface area is 228 Å². The molecule has 3 aliphatic rings. The van der Waals surface area contributed by atoms with Crippen LogP contribution in [0.2, 0.25) is 10.0 Å². The second kappa shape index (κ2) is 12.0. The van der Waals surface area contributed by atoms with Crippen LogP contribution in [0.15, 0.2) is 29.5 Å². The summed E-state index contributed by atoms with van der Waals surface area (Å²) in [6.45, 7) is 8.58. The molecule has 202 valence electrons. The van der Waals surface area contributed by atoms with E-state index in [4.69, 9.17) is 27.9 Å². The van der Waals surface area contributed by atoms with Crippen molar-refractivity contribution in [1.29, 1.82) is 0 Å². The van der Waals surface area contributed by atoms with Crippen LogP contribution in [0.1, 0.15) is 58.1 Å². The lowest BCUT2D eigenvalue weighted by Crippen LogP contribution is -2.57. The minimum Gasteiger partial charge on any atom is -0.463 e. The van der Waals surface area contributed by atoms with Crippen LogP contribution in [0.5, 0.6) is 0 Å². The van der Waals surface area contributed by atoms with Crippen LogP contribution in [-0.2, 0) is 14.3 Å². The Bertz CT molecular complexity index is 1070. The number of nitrogens with one attached hydrogen (secondary N) is 1. The summed E-state index contributed by atoms with van der Waals surface area (Å²) in [5.74, 6) is -0.0907. The average Bonchev–Trinajstić information content (AvgIpc) is 3.40. The molecule has 0 spiro atoms. The number of carbonyl (C=O) groups excluding carboxylic acids is 3. The maximum absolute atomic E-state index is 13.3. The number of piperazine rings is 1. The van der Waals surface area contributed by atoms with Gasteiger partial charge in [0, 0.05) is 50.4 Å². The Hall–Kier alpha value is -2.29. The molecule has 0 radical (unpaired) electrons. The van der Waals surface area contributed by atoms with Crippen LogP contribution in [0.25, 0.3) is 0 Å². The van der Waals surface area contributed by atoms with E-state index >= 15 is 0 Å². The number of amides is 3. The summed E-state index contributed by atoms with van der Waals surface area (Å²) in [5.41, 5.74) is 1.48. The number of ether oxygens (including phenoxy) is 1. The number of likely N-dealkylation sites (N-methyl/N-ethyl adjacent to an activating group) is 1. The van der Waals surface area contributed by atoms with Crippen molar-refractivity contribution in [2.45, 2.75) is 58.5 Å². The number of urea groups is 1. The number of esters is 1. The molecule has 10 heteroatoms. The van der Waals surface area contributed by atoms with Crippen LogP contribution in [0.3, 0.4) is 0 Å². The number of hydrogen-bond acceptors (Lipinski definition) is 5. The number of benzene rings is 1. The third kappa shape index (κ3) is 5.76. The van der Waals surface area contributed by atoms with Gasteiger partial charge in [0.25, 0.3) is 0 Å². The SMILES string of the molecule is CCOC(=O)C1=C(CN2CCN(C(=O)C3CCCC3)C(C)C2)N(CC)C(=O)NC1c1cccc(Cl)c1Cl. The molecular weight excluding hydrogens is 515 g/mol. The normalized spacial score (nSPS) is 23.4. The molecule has 8 nitrogen and oxygen atoms in total. The summed E-state index contributed by atoms with van der Waals surface area (Å²) >= 11 is 12.8. The largest absolute Gasteiger partial charge is 0.463 e. The predicted molar refractivity (Wildman–Crippen MR) is 143 cm³/mol. The highest BCUT2D eigenvalue weighted by molar-refractivity contribution is 6.42. The van der Waals surface area contributed by atoms with Crippen LogP contribution >= 0.6 is 23.2 Å². The van der Waals surface area contributed by atoms with E-state index in [1.54, 1.807) is 30.0 Å². The minimum atomic E-state index is -0.793. The van der Waals surface area contributed by atoms with Crippen molar-refractivity contribution < 1.29 is 19.1 Å². The van der Waals surface area contributed by atoms with E-state index in [9.17, 15) is 14.4 Å². The third-order valence-corrected chi connectivity index (χ3v) is 8.45. The van der Waals surface area contributed by atoms with Crippen molar-refractivity contribution in [3.8, 4) is 0 Å². The van der Waals surface area contributed by atoms with Crippen molar-refractivity contribution in [2.24, 2.45) is 5.92 Å². The molecule has 3 amide bonds. The van der Waals surface area contributed by atoms with Crippen LogP contribution in [0.4, 0.5) is 4.79 Å². The zero-order chi connectivity index (χ0) is 26.7. The Kier molecular flexibility index (Phi) is 9.03. The smallest absolute Gasteiger partial charge is 0.338 e. The molecule has 2 fully saturated rings. The Morgan fingerprint density at radius 3 is 2.51 bits per heavy atom. The number of hydrogen-bond donors (Lipinski definition) is 1. The lowest BCUT2D eigenvalue weighted by atomic mass is 9.93. The molecule has 1 aromatic rings. The molecule has 37 heavy (non-hydrogen) atoms. The van der Waals surface area contributed by atoms with Crippen LogP contribution in [-0.4, -0.2) is 78.0 Å². The molecular formula is C27H36Cl2N4O4. The lowest BCUT2D eigenvalue weighted by Gasteiger charge is -2.43. The van der Waals surface area contributed by atoms with Gasteiger partial charge in [-0.05, 0) is 45.2 Å². The lowest BCUT2D eigenvalue weighted by molar-refractivity contribution is -0.140. The molecule has 1 saturated carbocycles. The van der Waals surface area contributed by atoms with Crippen molar-refractivity contribution in [3.05, 3.63) is 45.1 Å². The topological polar surface area (TPSA) is 82.2 Å². The first-order valence-electron chi connectivity index (χ1n) is 13.2. The molecule has 0 aromatic heterocycles. The molecule has 2 heterocycles. The highest BCUT2D eigenvalue weighted by Gasteiger charge is 2.40. The highest BCUT2D eigenvalue weighted by Crippen LogP contribution is 2.38.